The summed E-state index contributed by atoms with van der Waals surface area (Å²) >= 11 is 0. The van der Waals surface area contributed by atoms with Crippen molar-refractivity contribution < 1.29 is 16.4 Å². The van der Waals surface area contributed by atoms with Crippen LogP contribution in [0, 0.1) is 0 Å². The number of carbonyl (C=O) groups is 1. The van der Waals surface area contributed by atoms with E-state index < -0.39 is 19.4 Å². The topological polar surface area (TPSA) is 26.3 Å². The Hall–Kier alpha value is -0.530. The van der Waals surface area contributed by atoms with Crippen molar-refractivity contribution in [3.63, 3.8) is 0 Å². The average Bonchev–Trinajstić information content (AvgIpc) is 2.73. The molecule has 2 heteroatoms. The lowest BCUT2D eigenvalue weighted by molar-refractivity contribution is -0.143. The molecule has 0 atom stereocenters. The Morgan fingerprint density at radius 3 is 1.25 bits per heavy atom. The van der Waals surface area contributed by atoms with Crippen LogP contribution in [0.3, 0.4) is 0 Å². The van der Waals surface area contributed by atoms with Crippen LogP contribution in [0.5, 0.6) is 0 Å². The van der Waals surface area contributed by atoms with Crippen molar-refractivity contribution in [1.29, 1.82) is 0 Å². The number of hydrogen-bond acceptors (Lipinski definition) is 2. The van der Waals surface area contributed by atoms with Crippen molar-refractivity contribution in [2.45, 2.75) is 155 Å². The SMILES string of the molecule is [2H]C([2H])([2H])C([2H])([2H])OC(=O)CCCCCCCCCCCCCCCCCCCCCCC. The molecular weight excluding hydrogens is 344 g/mol. The Morgan fingerprint density at radius 1 is 0.607 bits per heavy atom. The first-order chi connectivity index (χ1) is 15.7. The summed E-state index contributed by atoms with van der Waals surface area (Å²) in [6.45, 7) is -3.58. The van der Waals surface area contributed by atoms with Gasteiger partial charge in [-0.05, 0) is 13.3 Å². The largest absolute Gasteiger partial charge is 0.466 e. The van der Waals surface area contributed by atoms with Crippen LogP contribution in [0.1, 0.15) is 162 Å². The molecule has 0 spiro atoms. The van der Waals surface area contributed by atoms with Crippen LogP contribution in [-0.4, -0.2) is 12.5 Å². The zero-order chi connectivity index (χ0) is 24.8. The second-order valence-corrected chi connectivity index (χ2v) is 8.40. The van der Waals surface area contributed by atoms with Crippen molar-refractivity contribution in [2.24, 2.45) is 0 Å². The van der Waals surface area contributed by atoms with Gasteiger partial charge in [-0.25, -0.2) is 0 Å². The van der Waals surface area contributed by atoms with Crippen molar-refractivity contribution >= 4 is 5.97 Å². The van der Waals surface area contributed by atoms with E-state index in [1.807, 2.05) is 0 Å². The first-order valence-electron chi connectivity index (χ1n) is 14.9. The first-order valence-corrected chi connectivity index (χ1v) is 12.4. The molecule has 168 valence electrons. The number of esters is 1. The molecule has 0 aliphatic heterocycles. The highest BCUT2D eigenvalue weighted by Crippen LogP contribution is 2.15. The fourth-order valence-corrected chi connectivity index (χ4v) is 3.81. The van der Waals surface area contributed by atoms with Gasteiger partial charge in [0.2, 0.25) is 0 Å². The Kier molecular flexibility index (Phi) is 17.0. The molecular formula is C26H52O2. The zero-order valence-electron chi connectivity index (χ0n) is 23.9. The summed E-state index contributed by atoms with van der Waals surface area (Å²) in [5.41, 5.74) is 0. The molecule has 0 aromatic heterocycles. The minimum Gasteiger partial charge on any atom is -0.466 e. The van der Waals surface area contributed by atoms with E-state index >= 15 is 0 Å². The van der Waals surface area contributed by atoms with E-state index in [1.165, 1.54) is 109 Å². The summed E-state index contributed by atoms with van der Waals surface area (Å²) < 4.78 is 40.2. The number of ether oxygens (including phenoxy) is 1. The van der Waals surface area contributed by atoms with Gasteiger partial charge in [-0.15, -0.1) is 0 Å². The van der Waals surface area contributed by atoms with Gasteiger partial charge in [-0.3, -0.25) is 4.79 Å². The van der Waals surface area contributed by atoms with E-state index in [0.717, 1.165) is 19.3 Å². The number of hydrogen-bond donors (Lipinski definition) is 0. The fraction of sp³-hybridized carbons (Fsp3) is 0.962. The quantitative estimate of drug-likeness (QED) is 0.126. The van der Waals surface area contributed by atoms with Gasteiger partial charge in [-0.2, -0.15) is 0 Å². The lowest BCUT2D eigenvalue weighted by Crippen LogP contribution is -2.03. The monoisotopic (exact) mass is 401 g/mol. The summed E-state index contributed by atoms with van der Waals surface area (Å²) in [5.74, 6) is -0.770. The standard InChI is InChI=1S/C26H52O2/c1-3-5-6-7-8-9-10-11-12-13-14-15-16-17-18-19-20-21-22-23-24-25-26(27)28-4-2/h3-25H2,1-2H3/i2D3,4D2. The summed E-state index contributed by atoms with van der Waals surface area (Å²) in [7, 11) is 0. The lowest BCUT2D eigenvalue weighted by atomic mass is 10.0. The number of unbranched alkanes of at least 4 members (excludes halogenated alkanes) is 20. The third kappa shape index (κ3) is 23.5. The van der Waals surface area contributed by atoms with Crippen molar-refractivity contribution in [2.75, 3.05) is 6.56 Å². The molecule has 0 rings (SSSR count). The summed E-state index contributed by atoms with van der Waals surface area (Å²) in [5, 5.41) is 0. The van der Waals surface area contributed by atoms with Crippen LogP contribution in [0.25, 0.3) is 0 Å². The predicted octanol–water partition coefficient (Wildman–Crippen LogP) is 9.15. The highest BCUT2D eigenvalue weighted by atomic mass is 16.5. The molecule has 0 radical (unpaired) electrons. The maximum Gasteiger partial charge on any atom is 0.305 e. The summed E-state index contributed by atoms with van der Waals surface area (Å²) in [6.07, 6.45) is 27.2. The minimum atomic E-state index is -2.95. The van der Waals surface area contributed by atoms with Crippen LogP contribution >= 0.6 is 0 Å². The van der Waals surface area contributed by atoms with Gasteiger partial charge < -0.3 is 4.74 Å². The van der Waals surface area contributed by atoms with E-state index in [9.17, 15) is 4.79 Å². The molecule has 0 unspecified atom stereocenters. The molecule has 0 amide bonds. The molecule has 0 aromatic carbocycles. The fourth-order valence-electron chi connectivity index (χ4n) is 3.81. The number of carbonyl (C=O) groups excluding carboxylic acids is 1. The van der Waals surface area contributed by atoms with Gasteiger partial charge in [0.15, 0.2) is 0 Å². The highest BCUT2D eigenvalue weighted by Gasteiger charge is 2.00. The van der Waals surface area contributed by atoms with Crippen molar-refractivity contribution in [1.82, 2.24) is 0 Å². The zero-order valence-corrected chi connectivity index (χ0v) is 18.9. The number of rotatable bonds is 23. The molecule has 2 nitrogen and oxygen atoms in total. The average molecular weight is 402 g/mol. The van der Waals surface area contributed by atoms with Crippen LogP contribution < -0.4 is 0 Å². The first kappa shape index (κ1) is 19.4. The molecule has 0 saturated carbocycles. The van der Waals surface area contributed by atoms with Crippen LogP contribution in [-0.2, 0) is 9.53 Å². The molecule has 0 aliphatic carbocycles. The molecule has 0 N–H and O–H groups in total. The van der Waals surface area contributed by atoms with Crippen molar-refractivity contribution in [3.05, 3.63) is 0 Å². The Bertz CT molecular complexity index is 452. The van der Waals surface area contributed by atoms with E-state index in [-0.39, 0.29) is 6.42 Å². The van der Waals surface area contributed by atoms with Crippen LogP contribution in [0.15, 0.2) is 0 Å². The van der Waals surface area contributed by atoms with Gasteiger partial charge in [0, 0.05) is 10.5 Å². The van der Waals surface area contributed by atoms with Gasteiger partial charge >= 0.3 is 5.97 Å². The van der Waals surface area contributed by atoms with E-state index in [1.54, 1.807) is 0 Å². The smallest absolute Gasteiger partial charge is 0.305 e. The maximum atomic E-state index is 11.6. The van der Waals surface area contributed by atoms with Crippen molar-refractivity contribution in [3.8, 4) is 0 Å². The van der Waals surface area contributed by atoms with E-state index in [0.29, 0.717) is 6.42 Å². The Balaban J connectivity index is 3.27. The van der Waals surface area contributed by atoms with Gasteiger partial charge in [0.1, 0.15) is 0 Å². The third-order valence-corrected chi connectivity index (χ3v) is 5.65. The molecule has 0 saturated heterocycles. The van der Waals surface area contributed by atoms with Gasteiger partial charge in [-0.1, -0.05) is 135 Å². The Labute approximate surface area is 184 Å². The minimum absolute atomic E-state index is 0.0780. The summed E-state index contributed by atoms with van der Waals surface area (Å²) in [4.78, 5) is 11.6. The normalized spacial score (nSPS) is 14.7. The van der Waals surface area contributed by atoms with Crippen LogP contribution in [0.2, 0.25) is 0 Å². The second kappa shape index (κ2) is 24.5. The maximum absolute atomic E-state index is 11.6. The Morgan fingerprint density at radius 2 is 0.929 bits per heavy atom. The molecule has 0 fully saturated rings. The predicted molar refractivity (Wildman–Crippen MR) is 124 cm³/mol. The van der Waals surface area contributed by atoms with Gasteiger partial charge in [0.25, 0.3) is 0 Å². The highest BCUT2D eigenvalue weighted by molar-refractivity contribution is 5.69. The molecule has 28 heavy (non-hydrogen) atoms. The summed E-state index contributed by atoms with van der Waals surface area (Å²) in [6, 6.07) is 0. The van der Waals surface area contributed by atoms with E-state index in [2.05, 4.69) is 11.7 Å². The second-order valence-electron chi connectivity index (χ2n) is 8.40. The third-order valence-electron chi connectivity index (χ3n) is 5.65. The van der Waals surface area contributed by atoms with E-state index in [4.69, 9.17) is 6.85 Å². The van der Waals surface area contributed by atoms with Gasteiger partial charge in [0.05, 0.1) is 9.30 Å². The molecule has 0 bridgehead atoms. The molecule has 0 aliphatic rings. The molecule has 0 heterocycles. The van der Waals surface area contributed by atoms with Crippen LogP contribution in [0.4, 0.5) is 0 Å². The molecule has 0 aromatic rings. The lowest BCUT2D eigenvalue weighted by Gasteiger charge is -2.04.